The Morgan fingerprint density at radius 1 is 0.234 bits per heavy atom. The van der Waals surface area contributed by atoms with Crippen molar-refractivity contribution in [3.8, 4) is 55.6 Å². The lowest BCUT2D eigenvalue weighted by Crippen LogP contribution is -2.34. The minimum absolute atomic E-state index is 0.446. The highest BCUT2D eigenvalue weighted by Crippen LogP contribution is 2.47. The normalized spacial score (nSPS) is 11.8. The van der Waals surface area contributed by atoms with Crippen molar-refractivity contribution < 1.29 is 23.2 Å². The van der Waals surface area contributed by atoms with Gasteiger partial charge in [0.1, 0.15) is 71.7 Å². The van der Waals surface area contributed by atoms with Gasteiger partial charge in [-0.25, -0.2) is 4.98 Å². The third-order valence-corrected chi connectivity index (χ3v) is 29.2. The van der Waals surface area contributed by atoms with Crippen LogP contribution < -0.4 is 23.2 Å². The van der Waals surface area contributed by atoms with E-state index >= 15 is 0 Å². The number of hydrogen-bond donors (Lipinski definition) is 0. The Hall–Kier alpha value is -16.0. The summed E-state index contributed by atoms with van der Waals surface area (Å²) in [6.45, 7) is 41.4. The fourth-order valence-electron chi connectivity index (χ4n) is 23.2. The molecule has 0 amide bonds. The molecule has 0 unspecified atom stereocenters. The zero-order valence-electron chi connectivity index (χ0n) is 85.6. The van der Waals surface area contributed by atoms with Crippen molar-refractivity contribution >= 4 is 137 Å². The number of benzene rings is 10. The highest BCUT2D eigenvalue weighted by atomic mass is 15.4. The Kier molecular flexibility index (Phi) is 23.2. The maximum absolute atomic E-state index is 5.03. The minimum atomic E-state index is 0.446. The minimum Gasteiger partial charge on any atom is -0.251 e. The van der Waals surface area contributed by atoms with Gasteiger partial charge in [-0.05, 0) is 230 Å². The lowest BCUT2D eigenvalue weighted by atomic mass is 9.85. The average Bonchev–Trinajstić information content (AvgIpc) is 1.50. The first kappa shape index (κ1) is 91.4. The quantitative estimate of drug-likeness (QED) is 0.117. The van der Waals surface area contributed by atoms with Crippen LogP contribution in [0.3, 0.4) is 0 Å². The number of aromatic nitrogens is 15. The second-order valence-corrected chi connectivity index (χ2v) is 39.7. The molecule has 0 saturated heterocycles. The monoisotopic (exact) mass is 1840 g/mol. The van der Waals surface area contributed by atoms with Crippen molar-refractivity contribution in [3.63, 3.8) is 0 Å². The van der Waals surface area contributed by atoms with Crippen molar-refractivity contribution in [2.75, 3.05) is 0 Å². The van der Waals surface area contributed by atoms with Gasteiger partial charge in [0.15, 0.2) is 34.4 Å². The van der Waals surface area contributed by atoms with E-state index in [2.05, 4.69) is 504 Å². The van der Waals surface area contributed by atoms with E-state index in [4.69, 9.17) is 24.9 Å². The van der Waals surface area contributed by atoms with Crippen LogP contribution in [0.4, 0.5) is 0 Å². The van der Waals surface area contributed by atoms with Crippen LogP contribution >= 0.6 is 0 Å². The van der Waals surface area contributed by atoms with Gasteiger partial charge in [0.2, 0.25) is 24.1 Å². The van der Waals surface area contributed by atoms with Gasteiger partial charge in [-0.3, -0.25) is 19.9 Å². The summed E-state index contributed by atoms with van der Waals surface area (Å²) >= 11 is 0. The molecule has 696 valence electrons. The van der Waals surface area contributed by atoms with Gasteiger partial charge in [-0.2, -0.15) is 4.68 Å². The summed E-state index contributed by atoms with van der Waals surface area (Å²) in [6.07, 6.45) is 9.04. The molecule has 15 heterocycles. The van der Waals surface area contributed by atoms with Crippen molar-refractivity contribution in [1.29, 1.82) is 0 Å². The van der Waals surface area contributed by atoms with E-state index in [9.17, 15) is 0 Å². The van der Waals surface area contributed by atoms with Crippen LogP contribution in [0.15, 0.2) is 292 Å². The van der Waals surface area contributed by atoms with Gasteiger partial charge < -0.3 is 0 Å². The maximum atomic E-state index is 5.03. The van der Waals surface area contributed by atoms with Gasteiger partial charge in [-0.15, -0.1) is 36.8 Å². The number of aryl methyl sites for hydroxylation is 19. The van der Waals surface area contributed by atoms with Crippen LogP contribution in [0.2, 0.25) is 0 Å². The molecule has 25 rings (SSSR count). The smallest absolute Gasteiger partial charge is 0.251 e. The molecule has 0 saturated carbocycles. The van der Waals surface area contributed by atoms with Gasteiger partial charge in [-0.1, -0.05) is 263 Å². The van der Waals surface area contributed by atoms with Crippen molar-refractivity contribution in [3.05, 3.63) is 387 Å². The Morgan fingerprint density at radius 3 is 0.901 bits per heavy atom. The largest absolute Gasteiger partial charge is 0.265 e. The van der Waals surface area contributed by atoms with Crippen molar-refractivity contribution in [2.45, 2.75) is 143 Å². The molecule has 0 atom stereocenters. The zero-order valence-corrected chi connectivity index (χ0v) is 85.6. The molecule has 15 heteroatoms. The fraction of sp³-hybridized carbons (Fsp3) is 0.206. The topological polar surface area (TPSA) is 107 Å². The lowest BCUT2D eigenvalue weighted by Gasteiger charge is -2.19. The first-order valence-electron chi connectivity index (χ1n) is 49.3. The fourth-order valence-corrected chi connectivity index (χ4v) is 23.2. The molecular weight excluding hydrogens is 1720 g/mol. The van der Waals surface area contributed by atoms with E-state index < -0.39 is 0 Å². The highest BCUT2D eigenvalue weighted by molar-refractivity contribution is 6.19. The molecule has 15 nitrogen and oxygen atoms in total. The number of hydrogen-bond acceptors (Lipinski definition) is 5. The highest BCUT2D eigenvalue weighted by Gasteiger charge is 2.33. The Morgan fingerprint density at radius 2 is 0.525 bits per heavy atom. The predicted octanol–water partition coefficient (Wildman–Crippen LogP) is 27.5. The Bertz CT molecular complexity index is 9380. The molecule has 0 aliphatic heterocycles. The first-order chi connectivity index (χ1) is 68.0. The molecule has 15 aromatic heterocycles. The second kappa shape index (κ2) is 35.8. The van der Waals surface area contributed by atoms with Gasteiger partial charge in [0, 0.05) is 99.2 Å². The third kappa shape index (κ3) is 15.2. The molecule has 25 aromatic rings. The molecular formula is C126H122N15+5. The molecule has 0 aliphatic rings. The van der Waals surface area contributed by atoms with E-state index in [1.54, 1.807) is 0 Å². The summed E-state index contributed by atoms with van der Waals surface area (Å²) in [6, 6.07) is 95.6. The average molecular weight is 1850 g/mol. The molecule has 0 spiro atoms. The summed E-state index contributed by atoms with van der Waals surface area (Å²) in [4.78, 5) is 24.7. The van der Waals surface area contributed by atoms with Crippen LogP contribution in [0.25, 0.3) is 192 Å². The van der Waals surface area contributed by atoms with Gasteiger partial charge >= 0.3 is 0 Å². The maximum Gasteiger partial charge on any atom is 0.265 e. The molecule has 10 aromatic carbocycles. The number of pyridine rings is 10. The van der Waals surface area contributed by atoms with Crippen LogP contribution in [0.1, 0.15) is 135 Å². The summed E-state index contributed by atoms with van der Waals surface area (Å²) < 4.78 is 22.7. The van der Waals surface area contributed by atoms with E-state index in [1.807, 2.05) is 0 Å². The van der Waals surface area contributed by atoms with Crippen molar-refractivity contribution in [2.24, 2.45) is 35.2 Å². The van der Waals surface area contributed by atoms with E-state index in [-0.39, 0.29) is 0 Å². The van der Waals surface area contributed by atoms with Gasteiger partial charge in [0.05, 0.1) is 34.8 Å². The van der Waals surface area contributed by atoms with E-state index in [0.29, 0.717) is 11.8 Å². The van der Waals surface area contributed by atoms with E-state index in [1.165, 1.54) is 226 Å². The first-order valence-corrected chi connectivity index (χ1v) is 49.3. The summed E-state index contributed by atoms with van der Waals surface area (Å²) in [5, 5.41) is 12.3. The molecule has 0 N–H and O–H groups in total. The third-order valence-electron chi connectivity index (χ3n) is 29.2. The number of rotatable bonds is 7. The van der Waals surface area contributed by atoms with Crippen LogP contribution in [0, 0.1) is 104 Å². The SMILES string of the molecule is Cc1cc(C)c2c(n1)c1ccccc1c1c(-c3c(-c4ccccc4)cccc3-c3ccccc3)c[n+](C)n12.Cc1cc(C)c2c(n1)c1ccccc1c1c(-c3c(C(C)C)cccc3C(C)C)c[n+](C)n12.Cc1cc(C)c2c(n1)c1ccccc1c1c(-c3c(C)cccc3C)c[n+](C)n12.Cc1cc(C)c2c(n1)c1ccccc1c1c(C)c(C)n(C)[n+]12.Cc1cc(C)c2c(n1)c1ccccc1c1c(C)c[n+](C)n12. The molecule has 0 fully saturated rings. The standard InChI is InChI=1S/C35H28N3.C29H32N3.C25H24N3.C19H20N3.C18H18N3/c1-23-21-24(2)36-33-29-17-10-11-18-30(29)35-31(22-37(3)38(35)34(23)33)32-27(25-13-6-4-7-14-25)19-12-20-28(32)26-15-8-5-9-16-26;1-17(2)21-13-10-14-22(18(3)4)26(21)25-16-31(7)32-28-19(5)15-20(6)30-27(28)23-11-8-9-12-24(23)29(25)32;1-15-9-8-10-16(2)22(15)21-14-27(5)28-24-17(3)13-18(4)26-23(24)19-11-6-7-12-20(19)25(21)28;1-11-10-12(2)20-17-15-8-6-7-9-16(15)19-13(3)14(4)21(5)22(19)18(11)17;1-11-9-13(3)19-16-14-7-5-6-8-15(14)17-12(2)10-20(4)21(17)18(11)16/h4-22H,1-3H3;8-18H,1-7H3;6-14H,1-5H3;6-10H,1-5H3;5-10H,1-4H3/q5*+1. The van der Waals surface area contributed by atoms with Gasteiger partial charge in [0.25, 0.3) is 5.52 Å². The second-order valence-electron chi connectivity index (χ2n) is 39.7. The predicted molar refractivity (Wildman–Crippen MR) is 583 cm³/mol. The van der Waals surface area contributed by atoms with Crippen LogP contribution in [-0.4, -0.2) is 47.7 Å². The van der Waals surface area contributed by atoms with Crippen LogP contribution in [0.5, 0.6) is 0 Å². The molecule has 0 bridgehead atoms. The number of fused-ring (bicyclic) bond motifs is 30. The summed E-state index contributed by atoms with van der Waals surface area (Å²) in [5.41, 5.74) is 51.0. The Labute approximate surface area is 823 Å². The van der Waals surface area contributed by atoms with E-state index in [0.717, 1.165) is 61.6 Å². The lowest BCUT2D eigenvalue weighted by molar-refractivity contribution is -0.735. The molecule has 0 radical (unpaired) electrons. The molecule has 0 aliphatic carbocycles. The molecule has 141 heavy (non-hydrogen) atoms. The Balaban J connectivity index is 0.000000106. The van der Waals surface area contributed by atoms with Crippen LogP contribution in [-0.2, 0) is 35.2 Å². The number of nitrogens with zero attached hydrogens (tertiary/aromatic N) is 15. The summed E-state index contributed by atoms with van der Waals surface area (Å²) in [7, 11) is 10.6. The van der Waals surface area contributed by atoms with Crippen molar-refractivity contribution in [1.82, 2.24) is 47.7 Å². The summed E-state index contributed by atoms with van der Waals surface area (Å²) in [5.74, 6) is 0.892. The zero-order chi connectivity index (χ0) is 98.4.